The number of ether oxygens (including phenoxy) is 2. The van der Waals surface area contributed by atoms with E-state index in [1.165, 1.54) is 0 Å². The lowest BCUT2D eigenvalue weighted by Gasteiger charge is -2.43. The Balaban J connectivity index is 1.16. The molecule has 1 aliphatic carbocycles. The summed E-state index contributed by atoms with van der Waals surface area (Å²) < 4.78 is 14.0. The fraction of sp³-hybridized carbons (Fsp3) is 0.536. The Bertz CT molecular complexity index is 1360. The molecule has 2 atom stereocenters. The topological polar surface area (TPSA) is 84.8 Å². The number of anilines is 1. The second-order valence-corrected chi connectivity index (χ2v) is 11.4. The van der Waals surface area contributed by atoms with Crippen LogP contribution in [0.3, 0.4) is 0 Å². The van der Waals surface area contributed by atoms with Gasteiger partial charge in [-0.05, 0) is 38.0 Å². The number of rotatable bonds is 7. The van der Waals surface area contributed by atoms with Gasteiger partial charge in [-0.15, -0.1) is 0 Å². The molecule has 200 valence electrons. The van der Waals surface area contributed by atoms with Gasteiger partial charge in [0, 0.05) is 56.7 Å². The molecule has 0 radical (unpaired) electrons. The third-order valence-electron chi connectivity index (χ3n) is 8.47. The van der Waals surface area contributed by atoms with Crippen molar-refractivity contribution in [3.05, 3.63) is 35.6 Å². The monoisotopic (exact) mass is 536 g/mol. The summed E-state index contributed by atoms with van der Waals surface area (Å²) >= 11 is 6.85. The van der Waals surface area contributed by atoms with Crippen LogP contribution >= 0.6 is 11.6 Å². The highest BCUT2D eigenvalue weighted by Gasteiger charge is 2.32. The first-order valence-corrected chi connectivity index (χ1v) is 14.1. The minimum absolute atomic E-state index is 0.0773. The van der Waals surface area contributed by atoms with Gasteiger partial charge in [0.25, 0.3) is 0 Å². The number of piperazine rings is 1. The van der Waals surface area contributed by atoms with Gasteiger partial charge in [-0.3, -0.25) is 9.69 Å². The van der Waals surface area contributed by atoms with Crippen molar-refractivity contribution >= 4 is 34.2 Å². The molecule has 7 rings (SSSR count). The Morgan fingerprint density at radius 2 is 1.95 bits per heavy atom. The Kier molecular flexibility index (Phi) is 6.17. The molecule has 38 heavy (non-hydrogen) atoms. The SMILES string of the molecule is C[C@@H](Oc1nc(-c2ccc(N3CCN(C4COC4)CC3)c(Cl)c2)cc2ncn(C3CC3)c12)[C@H]1CNC(=O)C1. The van der Waals surface area contributed by atoms with Crippen molar-refractivity contribution in [1.82, 2.24) is 24.8 Å². The van der Waals surface area contributed by atoms with Crippen molar-refractivity contribution in [2.45, 2.75) is 44.4 Å². The molecule has 10 heteroatoms. The van der Waals surface area contributed by atoms with Gasteiger partial charge < -0.3 is 24.3 Å². The van der Waals surface area contributed by atoms with Gasteiger partial charge in [0.1, 0.15) is 11.6 Å². The Morgan fingerprint density at radius 1 is 1.13 bits per heavy atom. The van der Waals surface area contributed by atoms with Crippen LogP contribution in [0.15, 0.2) is 30.6 Å². The standard InChI is InChI=1S/C28H33ClN6O3/c1-17(19-11-26(36)30-13-19)38-28-27-24(31-16-35(27)20-3-4-20)12-23(32-28)18-2-5-25(22(29)10-18)34-8-6-33(7-9-34)21-14-37-15-21/h2,5,10,12,16-17,19-21H,3-4,6-9,11,13-15H2,1H3,(H,30,36)/t17-,19-/m1/s1. The molecular weight excluding hydrogens is 504 g/mol. The van der Waals surface area contributed by atoms with E-state index in [0.29, 0.717) is 30.9 Å². The molecule has 0 spiro atoms. The summed E-state index contributed by atoms with van der Waals surface area (Å²) in [6, 6.07) is 9.24. The first-order chi connectivity index (χ1) is 18.5. The van der Waals surface area contributed by atoms with Crippen molar-refractivity contribution in [1.29, 1.82) is 0 Å². The first kappa shape index (κ1) is 24.2. The lowest BCUT2D eigenvalue weighted by atomic mass is 10.0. The number of hydrogen-bond donors (Lipinski definition) is 1. The highest BCUT2D eigenvalue weighted by atomic mass is 35.5. The van der Waals surface area contributed by atoms with Crippen molar-refractivity contribution in [3.8, 4) is 17.1 Å². The summed E-state index contributed by atoms with van der Waals surface area (Å²) in [4.78, 5) is 26.4. The number of carbonyl (C=O) groups excluding carboxylic acids is 1. The number of imidazole rings is 1. The van der Waals surface area contributed by atoms with Crippen LogP contribution in [-0.4, -0.2) is 83.4 Å². The summed E-state index contributed by atoms with van der Waals surface area (Å²) in [6.45, 7) is 8.30. The summed E-state index contributed by atoms with van der Waals surface area (Å²) in [5, 5.41) is 3.64. The maximum absolute atomic E-state index is 11.8. The molecule has 0 bridgehead atoms. The van der Waals surface area contributed by atoms with Crippen molar-refractivity contribution in [2.24, 2.45) is 5.92 Å². The maximum atomic E-state index is 11.8. The van der Waals surface area contributed by atoms with Gasteiger partial charge in [-0.2, -0.15) is 0 Å². The summed E-state index contributed by atoms with van der Waals surface area (Å²) in [6.07, 6.45) is 4.51. The minimum atomic E-state index is -0.154. The van der Waals surface area contributed by atoms with E-state index in [1.54, 1.807) is 0 Å². The Labute approximate surface area is 227 Å². The van der Waals surface area contributed by atoms with Gasteiger partial charge in [-0.25, -0.2) is 9.97 Å². The number of benzene rings is 1. The van der Waals surface area contributed by atoms with Crippen molar-refractivity contribution < 1.29 is 14.3 Å². The molecule has 4 aliphatic rings. The molecule has 1 N–H and O–H groups in total. The summed E-state index contributed by atoms with van der Waals surface area (Å²) in [5.41, 5.74) is 4.56. The highest BCUT2D eigenvalue weighted by Crippen LogP contribution is 2.41. The number of pyridine rings is 1. The van der Waals surface area contributed by atoms with Crippen LogP contribution in [-0.2, 0) is 9.53 Å². The molecule has 3 aromatic rings. The fourth-order valence-corrected chi connectivity index (χ4v) is 6.10. The van der Waals surface area contributed by atoms with E-state index in [-0.39, 0.29) is 17.9 Å². The van der Waals surface area contributed by atoms with Gasteiger partial charge >= 0.3 is 0 Å². The molecule has 3 saturated heterocycles. The van der Waals surface area contributed by atoms with Crippen LogP contribution in [0, 0.1) is 5.92 Å². The molecule has 2 aromatic heterocycles. The van der Waals surface area contributed by atoms with Crippen LogP contribution in [0.25, 0.3) is 22.3 Å². The molecule has 1 saturated carbocycles. The van der Waals surface area contributed by atoms with Crippen LogP contribution in [0.4, 0.5) is 5.69 Å². The summed E-state index contributed by atoms with van der Waals surface area (Å²) in [7, 11) is 0. The van der Waals surface area contributed by atoms with E-state index < -0.39 is 0 Å². The third-order valence-corrected chi connectivity index (χ3v) is 8.77. The number of nitrogens with one attached hydrogen (secondary N) is 1. The number of carbonyl (C=O) groups is 1. The number of hydrogen-bond acceptors (Lipinski definition) is 7. The largest absolute Gasteiger partial charge is 0.473 e. The molecular formula is C28H33ClN6O3. The third kappa shape index (κ3) is 4.50. The van der Waals surface area contributed by atoms with Crippen LogP contribution in [0.1, 0.15) is 32.2 Å². The summed E-state index contributed by atoms with van der Waals surface area (Å²) in [5.74, 6) is 0.768. The van der Waals surface area contributed by atoms with Crippen molar-refractivity contribution in [2.75, 3.05) is 50.8 Å². The maximum Gasteiger partial charge on any atom is 0.241 e. The smallest absolute Gasteiger partial charge is 0.241 e. The quantitative estimate of drug-likeness (QED) is 0.494. The van der Waals surface area contributed by atoms with Gasteiger partial charge in [0.05, 0.1) is 47.5 Å². The molecule has 4 fully saturated rings. The normalized spacial score (nSPS) is 23.5. The van der Waals surface area contributed by atoms with Crippen molar-refractivity contribution in [3.63, 3.8) is 0 Å². The molecule has 9 nitrogen and oxygen atoms in total. The van der Waals surface area contributed by atoms with E-state index in [2.05, 4.69) is 31.8 Å². The molecule has 1 amide bonds. The Hall–Kier alpha value is -2.88. The lowest BCUT2D eigenvalue weighted by molar-refractivity contribution is -0.119. The van der Waals surface area contributed by atoms with Crippen LogP contribution in [0.2, 0.25) is 5.02 Å². The molecule has 1 aromatic carbocycles. The number of fused-ring (bicyclic) bond motifs is 1. The van der Waals surface area contributed by atoms with Crippen LogP contribution < -0.4 is 15.0 Å². The first-order valence-electron chi connectivity index (χ1n) is 13.7. The fourth-order valence-electron chi connectivity index (χ4n) is 5.80. The average Bonchev–Trinajstić information content (AvgIpc) is 3.48. The van der Waals surface area contributed by atoms with Gasteiger partial charge in [-0.1, -0.05) is 17.7 Å². The van der Waals surface area contributed by atoms with Gasteiger partial charge in [0.15, 0.2) is 0 Å². The second-order valence-electron chi connectivity index (χ2n) is 11.0. The predicted molar refractivity (Wildman–Crippen MR) is 146 cm³/mol. The van der Waals surface area contributed by atoms with Gasteiger partial charge in [0.2, 0.25) is 11.8 Å². The highest BCUT2D eigenvalue weighted by molar-refractivity contribution is 6.33. The van der Waals surface area contributed by atoms with E-state index in [0.717, 1.165) is 85.2 Å². The minimum Gasteiger partial charge on any atom is -0.473 e. The van der Waals surface area contributed by atoms with Crippen LogP contribution in [0.5, 0.6) is 5.88 Å². The average molecular weight is 537 g/mol. The second kappa shape index (κ2) is 9.70. The van der Waals surface area contributed by atoms with E-state index >= 15 is 0 Å². The molecule has 3 aliphatic heterocycles. The zero-order chi connectivity index (χ0) is 25.8. The van der Waals surface area contributed by atoms with E-state index in [9.17, 15) is 4.79 Å². The zero-order valence-corrected chi connectivity index (χ0v) is 22.4. The number of nitrogens with zero attached hydrogens (tertiary/aromatic N) is 5. The lowest BCUT2D eigenvalue weighted by Crippen LogP contribution is -2.56. The molecule has 0 unspecified atom stereocenters. The predicted octanol–water partition coefficient (Wildman–Crippen LogP) is 3.51. The van der Waals surface area contributed by atoms with E-state index in [1.807, 2.05) is 25.4 Å². The Morgan fingerprint density at radius 3 is 2.61 bits per heavy atom. The molecule has 5 heterocycles. The number of aromatic nitrogens is 3. The zero-order valence-electron chi connectivity index (χ0n) is 21.6. The number of halogens is 1. The number of amides is 1. The van der Waals surface area contributed by atoms with E-state index in [4.69, 9.17) is 31.0 Å².